The van der Waals surface area contributed by atoms with E-state index >= 15 is 0 Å². The lowest BCUT2D eigenvalue weighted by molar-refractivity contribution is -0.118. The number of hydrogen-bond donors (Lipinski definition) is 1. The lowest BCUT2D eigenvalue weighted by Gasteiger charge is -2.16. The van der Waals surface area contributed by atoms with Crippen LogP contribution in [0.4, 0.5) is 14.6 Å². The standard InChI is InChI=1S/C27H24F2N2O5S/c28-27(29)11-10-20(15-27)37(33,34)19-7-4-17(5-8-19)21-2-1-3-24(30-21)31-25(32)26(12-13-26)18-6-9-22-23(14-18)36-16-35-22/h1-9,14,20H,10-13,15-16H2,(H,30,31,32). The number of pyridine rings is 1. The minimum Gasteiger partial charge on any atom is -0.454 e. The Hall–Kier alpha value is -3.53. The molecule has 2 aliphatic carbocycles. The van der Waals surface area contributed by atoms with Crippen molar-refractivity contribution in [3.05, 3.63) is 66.2 Å². The number of ether oxygens (including phenoxy) is 2. The number of halogens is 2. The van der Waals surface area contributed by atoms with Crippen molar-refractivity contribution in [1.82, 2.24) is 4.98 Å². The zero-order valence-electron chi connectivity index (χ0n) is 19.7. The van der Waals surface area contributed by atoms with Gasteiger partial charge in [0.2, 0.25) is 18.6 Å². The molecule has 0 spiro atoms. The van der Waals surface area contributed by atoms with Crippen LogP contribution >= 0.6 is 0 Å². The fourth-order valence-electron chi connectivity index (χ4n) is 5.05. The van der Waals surface area contributed by atoms with E-state index in [4.69, 9.17) is 9.47 Å². The molecule has 0 radical (unpaired) electrons. The number of sulfone groups is 1. The quantitative estimate of drug-likeness (QED) is 0.480. The second-order valence-electron chi connectivity index (χ2n) is 9.80. The third kappa shape index (κ3) is 4.33. The van der Waals surface area contributed by atoms with Gasteiger partial charge in [-0.3, -0.25) is 4.79 Å². The van der Waals surface area contributed by atoms with Gasteiger partial charge in [-0.15, -0.1) is 0 Å². The monoisotopic (exact) mass is 526 g/mol. The van der Waals surface area contributed by atoms with E-state index in [-0.39, 0.29) is 24.0 Å². The fourth-order valence-corrected chi connectivity index (χ4v) is 6.84. The summed E-state index contributed by atoms with van der Waals surface area (Å²) < 4.78 is 63.6. The molecule has 0 bridgehead atoms. The Morgan fingerprint density at radius 3 is 2.43 bits per heavy atom. The van der Waals surface area contributed by atoms with E-state index in [2.05, 4.69) is 10.3 Å². The zero-order chi connectivity index (χ0) is 25.8. The predicted molar refractivity (Wildman–Crippen MR) is 132 cm³/mol. The van der Waals surface area contributed by atoms with Crippen molar-refractivity contribution in [2.45, 2.75) is 53.6 Å². The summed E-state index contributed by atoms with van der Waals surface area (Å²) in [4.78, 5) is 17.8. The summed E-state index contributed by atoms with van der Waals surface area (Å²) in [5.74, 6) is -1.43. The summed E-state index contributed by atoms with van der Waals surface area (Å²) >= 11 is 0. The highest BCUT2D eigenvalue weighted by Crippen LogP contribution is 2.51. The van der Waals surface area contributed by atoms with Gasteiger partial charge in [-0.2, -0.15) is 0 Å². The number of anilines is 1. The first kappa shape index (κ1) is 23.8. The zero-order valence-corrected chi connectivity index (χ0v) is 20.6. The normalized spacial score (nSPS) is 21.0. The minimum absolute atomic E-state index is 0.0165. The van der Waals surface area contributed by atoms with Crippen molar-refractivity contribution in [2.24, 2.45) is 0 Å². The molecule has 192 valence electrons. The summed E-state index contributed by atoms with van der Waals surface area (Å²) in [6.07, 6.45) is 0.317. The number of aromatic nitrogens is 1. The number of alkyl halides is 2. The molecule has 1 aliphatic heterocycles. The van der Waals surface area contributed by atoms with E-state index in [1.165, 1.54) is 12.1 Å². The van der Waals surface area contributed by atoms with Crippen LogP contribution in [-0.2, 0) is 20.0 Å². The van der Waals surface area contributed by atoms with Crippen molar-refractivity contribution in [1.29, 1.82) is 0 Å². The van der Waals surface area contributed by atoms with E-state index in [0.29, 0.717) is 41.4 Å². The van der Waals surface area contributed by atoms with Gasteiger partial charge < -0.3 is 14.8 Å². The molecule has 3 aromatic rings. The highest BCUT2D eigenvalue weighted by atomic mass is 32.2. The first-order chi connectivity index (χ1) is 17.7. The Morgan fingerprint density at radius 2 is 1.73 bits per heavy atom. The van der Waals surface area contributed by atoms with Crippen LogP contribution in [0, 0.1) is 0 Å². The summed E-state index contributed by atoms with van der Waals surface area (Å²) in [6.45, 7) is 0.165. The van der Waals surface area contributed by atoms with Crippen LogP contribution < -0.4 is 14.8 Å². The summed E-state index contributed by atoms with van der Waals surface area (Å²) in [5, 5.41) is 1.83. The molecule has 3 aliphatic rings. The molecule has 2 aromatic carbocycles. The Bertz CT molecular complexity index is 1490. The predicted octanol–water partition coefficient (Wildman–Crippen LogP) is 5.11. The van der Waals surface area contributed by atoms with E-state index in [1.54, 1.807) is 30.3 Å². The molecule has 0 saturated heterocycles. The molecule has 1 aromatic heterocycles. The van der Waals surface area contributed by atoms with Gasteiger partial charge >= 0.3 is 0 Å². The Balaban J connectivity index is 1.18. The number of nitrogens with zero attached hydrogens (tertiary/aromatic N) is 1. The molecule has 1 amide bonds. The van der Waals surface area contributed by atoms with Crippen LogP contribution in [0.5, 0.6) is 11.5 Å². The fraction of sp³-hybridized carbons (Fsp3) is 0.333. The molecule has 2 saturated carbocycles. The van der Waals surface area contributed by atoms with Gasteiger partial charge in [0, 0.05) is 18.4 Å². The van der Waals surface area contributed by atoms with Gasteiger partial charge in [0.05, 0.1) is 21.3 Å². The van der Waals surface area contributed by atoms with Gasteiger partial charge in [-0.05, 0) is 61.2 Å². The molecule has 37 heavy (non-hydrogen) atoms. The Kier molecular flexibility index (Phi) is 5.48. The van der Waals surface area contributed by atoms with E-state index in [9.17, 15) is 22.0 Å². The molecule has 7 nitrogen and oxygen atoms in total. The highest BCUT2D eigenvalue weighted by Gasteiger charge is 2.52. The summed E-state index contributed by atoms with van der Waals surface area (Å²) in [5.41, 5.74) is 1.40. The molecule has 1 atom stereocenters. The average Bonchev–Trinajstić information content (AvgIpc) is 3.42. The van der Waals surface area contributed by atoms with Gasteiger partial charge in [-0.1, -0.05) is 24.3 Å². The molecular formula is C27H24F2N2O5S. The number of benzene rings is 2. The smallest absolute Gasteiger partial charge is 0.249 e. The van der Waals surface area contributed by atoms with Crippen LogP contribution in [0.25, 0.3) is 11.3 Å². The minimum atomic E-state index is -3.85. The number of hydrogen-bond acceptors (Lipinski definition) is 6. The largest absolute Gasteiger partial charge is 0.454 e. The lowest BCUT2D eigenvalue weighted by Crippen LogP contribution is -2.28. The van der Waals surface area contributed by atoms with Crippen LogP contribution in [0.1, 0.15) is 37.7 Å². The Labute approximate surface area is 212 Å². The third-order valence-corrected chi connectivity index (χ3v) is 9.59. The first-order valence-electron chi connectivity index (χ1n) is 12.1. The molecule has 2 heterocycles. The van der Waals surface area contributed by atoms with Crippen molar-refractivity contribution in [3.63, 3.8) is 0 Å². The summed E-state index contributed by atoms with van der Waals surface area (Å²) in [7, 11) is -3.85. The van der Waals surface area contributed by atoms with Crippen LogP contribution in [0.3, 0.4) is 0 Å². The third-order valence-electron chi connectivity index (χ3n) is 7.38. The second kappa shape index (κ2) is 8.51. The van der Waals surface area contributed by atoms with Crippen molar-refractivity contribution in [2.75, 3.05) is 12.1 Å². The summed E-state index contributed by atoms with van der Waals surface area (Å²) in [6, 6.07) is 16.8. The molecule has 6 rings (SSSR count). The Morgan fingerprint density at radius 1 is 0.973 bits per heavy atom. The topological polar surface area (TPSA) is 94.6 Å². The van der Waals surface area contributed by atoms with Crippen molar-refractivity contribution < 1.29 is 31.5 Å². The van der Waals surface area contributed by atoms with Crippen molar-refractivity contribution >= 4 is 21.6 Å². The van der Waals surface area contributed by atoms with Crippen LogP contribution in [0.15, 0.2) is 65.6 Å². The maximum atomic E-state index is 13.6. The lowest BCUT2D eigenvalue weighted by atomic mass is 9.94. The number of amides is 1. The van der Waals surface area contributed by atoms with E-state index in [0.717, 1.165) is 5.56 Å². The van der Waals surface area contributed by atoms with Crippen LogP contribution in [-0.4, -0.2) is 37.3 Å². The molecular weight excluding hydrogens is 502 g/mol. The number of nitrogens with one attached hydrogen (secondary N) is 1. The van der Waals surface area contributed by atoms with Gasteiger partial charge in [-0.25, -0.2) is 22.2 Å². The van der Waals surface area contributed by atoms with Crippen molar-refractivity contribution in [3.8, 4) is 22.8 Å². The van der Waals surface area contributed by atoms with Gasteiger partial charge in [0.1, 0.15) is 5.82 Å². The maximum Gasteiger partial charge on any atom is 0.249 e. The molecule has 2 fully saturated rings. The van der Waals surface area contributed by atoms with E-state index < -0.39 is 39.3 Å². The number of fused-ring (bicyclic) bond motifs is 1. The first-order valence-corrected chi connectivity index (χ1v) is 13.6. The highest BCUT2D eigenvalue weighted by molar-refractivity contribution is 7.92. The van der Waals surface area contributed by atoms with E-state index in [1.807, 2.05) is 18.2 Å². The number of rotatable bonds is 6. The SMILES string of the molecule is O=C(Nc1cccc(-c2ccc(S(=O)(=O)C3CCC(F)(F)C3)cc2)n1)C1(c2ccc3c(c2)OCO3)CC1. The molecule has 10 heteroatoms. The molecule has 1 N–H and O–H groups in total. The van der Waals surface area contributed by atoms with Crippen LogP contribution in [0.2, 0.25) is 0 Å². The average molecular weight is 527 g/mol. The maximum absolute atomic E-state index is 13.6. The second-order valence-corrected chi connectivity index (χ2v) is 12.0. The molecule has 1 unspecified atom stereocenters. The van der Waals surface area contributed by atoms with Gasteiger partial charge in [0.15, 0.2) is 21.3 Å². The van der Waals surface area contributed by atoms with Gasteiger partial charge in [0.25, 0.3) is 0 Å². The number of carbonyl (C=O) groups excluding carboxylic acids is 1. The number of carbonyl (C=O) groups is 1.